The van der Waals surface area contributed by atoms with Crippen molar-refractivity contribution in [1.29, 1.82) is 0 Å². The molecule has 1 heterocycles. The van der Waals surface area contributed by atoms with Crippen LogP contribution >= 0.6 is 11.8 Å². The topological polar surface area (TPSA) is 57.6 Å². The molecule has 1 aliphatic rings. The summed E-state index contributed by atoms with van der Waals surface area (Å²) in [4.78, 5) is 23.4. The molecule has 1 saturated heterocycles. The largest absolute Gasteiger partial charge is 0.480 e. The Bertz CT molecular complexity index is 466. The van der Waals surface area contributed by atoms with Crippen molar-refractivity contribution in [2.45, 2.75) is 5.37 Å². The van der Waals surface area contributed by atoms with E-state index < -0.39 is 23.7 Å². The van der Waals surface area contributed by atoms with Crippen LogP contribution in [-0.2, 0) is 9.59 Å². The molecule has 1 aliphatic heterocycles. The first kappa shape index (κ1) is 11.9. The lowest BCUT2D eigenvalue weighted by molar-refractivity contribution is -0.143. The number of amides is 1. The first-order valence-electron chi connectivity index (χ1n) is 4.97. The molecule has 0 bridgehead atoms. The summed E-state index contributed by atoms with van der Waals surface area (Å²) in [6.07, 6.45) is 0. The zero-order valence-corrected chi connectivity index (χ0v) is 9.61. The average molecular weight is 255 g/mol. The number of carbonyl (C=O) groups excluding carboxylic acids is 1. The quantitative estimate of drug-likeness (QED) is 0.889. The SMILES string of the molecule is O=C(O)CN1C(=O)CSC1c1ccccc1F. The first-order chi connectivity index (χ1) is 8.09. The van der Waals surface area contributed by atoms with E-state index in [9.17, 15) is 14.0 Å². The molecule has 1 N–H and O–H groups in total. The van der Waals surface area contributed by atoms with Crippen LogP contribution in [0.15, 0.2) is 24.3 Å². The molecular formula is C11H10FNO3S. The van der Waals surface area contributed by atoms with Gasteiger partial charge in [-0.25, -0.2) is 4.39 Å². The molecule has 0 aromatic heterocycles. The van der Waals surface area contributed by atoms with Crippen molar-refractivity contribution in [1.82, 2.24) is 4.90 Å². The second-order valence-electron chi connectivity index (χ2n) is 3.60. The fourth-order valence-electron chi connectivity index (χ4n) is 1.70. The molecule has 0 aliphatic carbocycles. The second-order valence-corrected chi connectivity index (χ2v) is 4.67. The van der Waals surface area contributed by atoms with E-state index in [4.69, 9.17) is 5.11 Å². The van der Waals surface area contributed by atoms with Gasteiger partial charge in [0.05, 0.1) is 5.75 Å². The molecule has 2 rings (SSSR count). The molecule has 6 heteroatoms. The minimum Gasteiger partial charge on any atom is -0.480 e. The Kier molecular flexibility index (Phi) is 3.33. The van der Waals surface area contributed by atoms with Crippen molar-refractivity contribution in [3.8, 4) is 0 Å². The highest BCUT2D eigenvalue weighted by atomic mass is 32.2. The van der Waals surface area contributed by atoms with Gasteiger partial charge in [0.25, 0.3) is 0 Å². The first-order valence-corrected chi connectivity index (χ1v) is 6.02. The zero-order valence-electron chi connectivity index (χ0n) is 8.80. The highest BCUT2D eigenvalue weighted by molar-refractivity contribution is 8.00. The maximum absolute atomic E-state index is 13.6. The molecule has 1 amide bonds. The molecule has 0 spiro atoms. The predicted octanol–water partition coefficient (Wildman–Crippen LogP) is 1.48. The Balaban J connectivity index is 2.28. The van der Waals surface area contributed by atoms with Crippen molar-refractivity contribution < 1.29 is 19.1 Å². The summed E-state index contributed by atoms with van der Waals surface area (Å²) in [5, 5.41) is 8.19. The third-order valence-electron chi connectivity index (χ3n) is 2.44. The van der Waals surface area contributed by atoms with Crippen molar-refractivity contribution >= 4 is 23.6 Å². The Labute approximate surface area is 101 Å². The standard InChI is InChI=1S/C11H10FNO3S/c12-8-4-2-1-3-7(8)11-13(5-10(15)16)9(14)6-17-11/h1-4,11H,5-6H2,(H,15,16). The minimum atomic E-state index is -1.10. The van der Waals surface area contributed by atoms with E-state index >= 15 is 0 Å². The molecular weight excluding hydrogens is 245 g/mol. The van der Waals surface area contributed by atoms with Gasteiger partial charge in [-0.2, -0.15) is 0 Å². The number of carbonyl (C=O) groups is 2. The van der Waals surface area contributed by atoms with E-state index in [1.54, 1.807) is 18.2 Å². The van der Waals surface area contributed by atoms with Crippen molar-refractivity contribution in [3.05, 3.63) is 35.6 Å². The lowest BCUT2D eigenvalue weighted by atomic mass is 10.2. The fourth-order valence-corrected chi connectivity index (χ4v) is 2.91. The Hall–Kier alpha value is -1.56. The Morgan fingerprint density at radius 3 is 2.88 bits per heavy atom. The van der Waals surface area contributed by atoms with Crippen molar-refractivity contribution in [2.24, 2.45) is 0 Å². The van der Waals surface area contributed by atoms with Crippen molar-refractivity contribution in [2.75, 3.05) is 12.3 Å². The Morgan fingerprint density at radius 2 is 2.24 bits per heavy atom. The van der Waals surface area contributed by atoms with Gasteiger partial charge < -0.3 is 10.0 Å². The Morgan fingerprint density at radius 1 is 1.53 bits per heavy atom. The van der Waals surface area contributed by atoms with E-state index in [-0.39, 0.29) is 11.7 Å². The van der Waals surface area contributed by atoms with Crippen LogP contribution in [-0.4, -0.2) is 34.2 Å². The molecule has 1 atom stereocenters. The summed E-state index contributed by atoms with van der Waals surface area (Å²) < 4.78 is 13.6. The summed E-state index contributed by atoms with van der Waals surface area (Å²) in [6, 6.07) is 6.10. The van der Waals surface area contributed by atoms with Gasteiger partial charge in [0.1, 0.15) is 17.7 Å². The van der Waals surface area contributed by atoms with Gasteiger partial charge in [-0.1, -0.05) is 18.2 Å². The van der Waals surface area contributed by atoms with Crippen LogP contribution < -0.4 is 0 Å². The maximum Gasteiger partial charge on any atom is 0.323 e. The third-order valence-corrected chi connectivity index (χ3v) is 3.68. The summed E-state index contributed by atoms with van der Waals surface area (Å²) in [5.74, 6) is -1.60. The number of benzene rings is 1. The molecule has 1 fully saturated rings. The van der Waals surface area contributed by atoms with E-state index in [1.165, 1.54) is 22.7 Å². The second kappa shape index (κ2) is 4.75. The monoisotopic (exact) mass is 255 g/mol. The van der Waals surface area contributed by atoms with Crippen LogP contribution in [0.4, 0.5) is 4.39 Å². The molecule has 1 aromatic rings. The lowest BCUT2D eigenvalue weighted by Crippen LogP contribution is -2.33. The average Bonchev–Trinajstić information content (AvgIpc) is 2.61. The van der Waals surface area contributed by atoms with Gasteiger partial charge in [-0.3, -0.25) is 9.59 Å². The number of hydrogen-bond acceptors (Lipinski definition) is 3. The minimum absolute atomic E-state index is 0.187. The summed E-state index contributed by atoms with van der Waals surface area (Å²) in [5.41, 5.74) is 0.351. The molecule has 90 valence electrons. The van der Waals surface area contributed by atoms with Gasteiger partial charge >= 0.3 is 5.97 Å². The summed E-state index contributed by atoms with van der Waals surface area (Å²) in [6.45, 7) is -0.398. The van der Waals surface area contributed by atoms with Crippen molar-refractivity contribution in [3.63, 3.8) is 0 Å². The fraction of sp³-hybridized carbons (Fsp3) is 0.273. The molecule has 1 unspecified atom stereocenters. The van der Waals surface area contributed by atoms with E-state index in [0.717, 1.165) is 0 Å². The van der Waals surface area contributed by atoms with Gasteiger partial charge in [0.15, 0.2) is 0 Å². The highest BCUT2D eigenvalue weighted by Crippen LogP contribution is 2.39. The number of thioether (sulfide) groups is 1. The van der Waals surface area contributed by atoms with Crippen LogP contribution in [0.3, 0.4) is 0 Å². The lowest BCUT2D eigenvalue weighted by Gasteiger charge is -2.22. The van der Waals surface area contributed by atoms with Crippen LogP contribution in [0, 0.1) is 5.82 Å². The van der Waals surface area contributed by atoms with Crippen LogP contribution in [0.5, 0.6) is 0 Å². The normalized spacial score (nSPS) is 19.7. The molecule has 0 radical (unpaired) electrons. The summed E-state index contributed by atoms with van der Waals surface area (Å²) >= 11 is 1.24. The highest BCUT2D eigenvalue weighted by Gasteiger charge is 2.35. The molecule has 17 heavy (non-hydrogen) atoms. The van der Waals surface area contributed by atoms with Gasteiger partial charge in [0.2, 0.25) is 5.91 Å². The van der Waals surface area contributed by atoms with Crippen LogP contribution in [0.25, 0.3) is 0 Å². The van der Waals surface area contributed by atoms with E-state index in [1.807, 2.05) is 0 Å². The third kappa shape index (κ3) is 2.41. The number of halogens is 1. The molecule has 0 saturated carbocycles. The summed E-state index contributed by atoms with van der Waals surface area (Å²) in [7, 11) is 0. The van der Waals surface area contributed by atoms with E-state index in [0.29, 0.717) is 5.56 Å². The number of carboxylic acid groups (broad SMARTS) is 1. The van der Waals surface area contributed by atoms with Crippen LogP contribution in [0.1, 0.15) is 10.9 Å². The number of carboxylic acids is 1. The van der Waals surface area contributed by atoms with Gasteiger partial charge in [-0.15, -0.1) is 11.8 Å². The van der Waals surface area contributed by atoms with E-state index in [2.05, 4.69) is 0 Å². The smallest absolute Gasteiger partial charge is 0.323 e. The van der Waals surface area contributed by atoms with Gasteiger partial charge in [0, 0.05) is 5.56 Å². The number of hydrogen-bond donors (Lipinski definition) is 1. The maximum atomic E-state index is 13.6. The number of aliphatic carboxylic acids is 1. The molecule has 4 nitrogen and oxygen atoms in total. The molecule has 1 aromatic carbocycles. The zero-order chi connectivity index (χ0) is 12.4. The number of rotatable bonds is 3. The van der Waals surface area contributed by atoms with Gasteiger partial charge in [-0.05, 0) is 6.07 Å². The number of nitrogens with zero attached hydrogens (tertiary/aromatic N) is 1. The van der Waals surface area contributed by atoms with Crippen LogP contribution in [0.2, 0.25) is 0 Å². The predicted molar refractivity (Wildman–Crippen MR) is 60.9 cm³/mol.